The predicted octanol–water partition coefficient (Wildman–Crippen LogP) is 0.244. The van der Waals surface area contributed by atoms with Crippen molar-refractivity contribution in [2.24, 2.45) is 0 Å². The zero-order valence-electron chi connectivity index (χ0n) is 12.5. The zero-order valence-corrected chi connectivity index (χ0v) is 13.3. The molecule has 21 heavy (non-hydrogen) atoms. The average molecular weight is 319 g/mol. The van der Waals surface area contributed by atoms with Crippen LogP contribution in [0, 0.1) is 0 Å². The van der Waals surface area contributed by atoms with Crippen molar-refractivity contribution in [3.05, 3.63) is 0 Å². The molecule has 2 fully saturated rings. The first-order valence-electron chi connectivity index (χ1n) is 7.61. The molecular weight excluding hydrogens is 294 g/mol. The van der Waals surface area contributed by atoms with E-state index >= 15 is 0 Å². The Kier molecular flexibility index (Phi) is 5.59. The second-order valence-electron chi connectivity index (χ2n) is 5.94. The Morgan fingerprint density at radius 2 is 1.86 bits per heavy atom. The summed E-state index contributed by atoms with van der Waals surface area (Å²) in [7, 11) is -1.73. The molecule has 0 bridgehead atoms. The molecule has 122 valence electrons. The van der Waals surface area contributed by atoms with Crippen LogP contribution in [0.1, 0.15) is 38.5 Å². The molecule has 8 heteroatoms. The number of aliphatic carboxylic acids is 1. The first-order chi connectivity index (χ1) is 9.92. The number of carboxylic acids is 1. The summed E-state index contributed by atoms with van der Waals surface area (Å²) in [5, 5.41) is 9.19. The Bertz CT molecular complexity index is 468. The highest BCUT2D eigenvalue weighted by Crippen LogP contribution is 2.20. The van der Waals surface area contributed by atoms with Gasteiger partial charge in [-0.1, -0.05) is 6.42 Å². The maximum atomic E-state index is 12.4. The van der Waals surface area contributed by atoms with Gasteiger partial charge in [-0.2, -0.15) is 12.7 Å². The summed E-state index contributed by atoms with van der Waals surface area (Å²) in [4.78, 5) is 13.4. The number of nitrogens with one attached hydrogen (secondary N) is 1. The Morgan fingerprint density at radius 3 is 2.52 bits per heavy atom. The van der Waals surface area contributed by atoms with Crippen molar-refractivity contribution in [2.45, 2.75) is 50.6 Å². The fourth-order valence-electron chi connectivity index (χ4n) is 3.13. The van der Waals surface area contributed by atoms with Crippen molar-refractivity contribution >= 4 is 16.2 Å². The van der Waals surface area contributed by atoms with Crippen LogP contribution in [0.4, 0.5) is 0 Å². The van der Waals surface area contributed by atoms with Gasteiger partial charge in [0.15, 0.2) is 0 Å². The number of likely N-dealkylation sites (tertiary alicyclic amines) is 1. The lowest BCUT2D eigenvalue weighted by atomic mass is 10.0. The minimum atomic E-state index is -3.72. The average Bonchev–Trinajstić information content (AvgIpc) is 2.46. The van der Waals surface area contributed by atoms with Crippen LogP contribution < -0.4 is 4.72 Å². The lowest BCUT2D eigenvalue weighted by molar-refractivity contribution is -0.142. The summed E-state index contributed by atoms with van der Waals surface area (Å²) < 4.78 is 28.5. The van der Waals surface area contributed by atoms with Crippen LogP contribution in [0.5, 0.6) is 0 Å². The van der Waals surface area contributed by atoms with Crippen LogP contribution in [0.25, 0.3) is 0 Å². The Labute approximate surface area is 126 Å². The molecule has 2 heterocycles. The van der Waals surface area contributed by atoms with E-state index in [0.717, 1.165) is 36.5 Å². The van der Waals surface area contributed by atoms with Crippen LogP contribution in [-0.4, -0.2) is 67.5 Å². The summed E-state index contributed by atoms with van der Waals surface area (Å²) >= 11 is 0. The third-order valence-corrected chi connectivity index (χ3v) is 6.06. The van der Waals surface area contributed by atoms with Gasteiger partial charge in [0, 0.05) is 19.1 Å². The van der Waals surface area contributed by atoms with E-state index in [1.807, 2.05) is 7.05 Å². The van der Waals surface area contributed by atoms with Crippen molar-refractivity contribution in [1.29, 1.82) is 0 Å². The van der Waals surface area contributed by atoms with Crippen LogP contribution in [0.2, 0.25) is 0 Å². The first kappa shape index (κ1) is 16.7. The second kappa shape index (κ2) is 7.04. The minimum absolute atomic E-state index is 0.196. The summed E-state index contributed by atoms with van der Waals surface area (Å²) in [6.45, 7) is 1.61. The van der Waals surface area contributed by atoms with Gasteiger partial charge in [-0.05, 0) is 45.7 Å². The molecule has 7 nitrogen and oxygen atoms in total. The van der Waals surface area contributed by atoms with E-state index in [0.29, 0.717) is 19.4 Å². The Morgan fingerprint density at radius 1 is 1.19 bits per heavy atom. The predicted molar refractivity (Wildman–Crippen MR) is 79.2 cm³/mol. The highest BCUT2D eigenvalue weighted by molar-refractivity contribution is 7.87. The summed E-state index contributed by atoms with van der Waals surface area (Å²) in [5.41, 5.74) is 0. The number of piperidine rings is 2. The van der Waals surface area contributed by atoms with Gasteiger partial charge in [0.25, 0.3) is 10.2 Å². The monoisotopic (exact) mass is 319 g/mol. The first-order valence-corrected chi connectivity index (χ1v) is 9.05. The number of hydrogen-bond donors (Lipinski definition) is 2. The zero-order chi connectivity index (χ0) is 15.5. The lowest BCUT2D eigenvalue weighted by Gasteiger charge is -2.35. The molecule has 0 aromatic heterocycles. The number of carbonyl (C=O) groups is 1. The number of nitrogens with zero attached hydrogens (tertiary/aromatic N) is 2. The summed E-state index contributed by atoms with van der Waals surface area (Å²) in [6, 6.07) is -0.734. The molecular formula is C13H25N3O4S. The Balaban J connectivity index is 1.98. The van der Waals surface area contributed by atoms with Crippen molar-refractivity contribution in [3.8, 4) is 0 Å². The topological polar surface area (TPSA) is 90.0 Å². The highest BCUT2D eigenvalue weighted by atomic mass is 32.2. The van der Waals surface area contributed by atoms with E-state index in [1.54, 1.807) is 0 Å². The second-order valence-corrected chi connectivity index (χ2v) is 7.65. The van der Waals surface area contributed by atoms with E-state index in [-0.39, 0.29) is 12.6 Å². The summed E-state index contributed by atoms with van der Waals surface area (Å²) in [5.74, 6) is -1.06. The van der Waals surface area contributed by atoms with Gasteiger partial charge in [0.2, 0.25) is 0 Å². The van der Waals surface area contributed by atoms with Crippen LogP contribution in [0.15, 0.2) is 0 Å². The van der Waals surface area contributed by atoms with Gasteiger partial charge in [-0.25, -0.2) is 4.72 Å². The van der Waals surface area contributed by atoms with E-state index in [9.17, 15) is 18.3 Å². The van der Waals surface area contributed by atoms with Gasteiger partial charge in [0.05, 0.1) is 0 Å². The molecule has 0 aliphatic carbocycles. The number of likely N-dealkylation sites (N-methyl/N-ethyl adjacent to an activating group) is 1. The van der Waals surface area contributed by atoms with Crippen molar-refractivity contribution in [2.75, 3.05) is 26.7 Å². The van der Waals surface area contributed by atoms with Crippen LogP contribution in [-0.2, 0) is 15.0 Å². The molecule has 2 aliphatic rings. The molecule has 0 amide bonds. The molecule has 0 spiro atoms. The standard InChI is InChI=1S/C13H25N3O4S/c1-15-8-4-2-6-11(15)10-14-21(19,20)16-9-5-3-7-12(16)13(17)18/h11-12,14H,2-10H2,1H3,(H,17,18). The molecule has 2 aliphatic heterocycles. The number of hydrogen-bond acceptors (Lipinski definition) is 4. The van der Waals surface area contributed by atoms with Crippen molar-refractivity contribution in [1.82, 2.24) is 13.9 Å². The normalized spacial score (nSPS) is 29.4. The largest absolute Gasteiger partial charge is 0.480 e. The fourth-order valence-corrected chi connectivity index (χ4v) is 4.59. The van der Waals surface area contributed by atoms with Crippen molar-refractivity contribution in [3.63, 3.8) is 0 Å². The van der Waals surface area contributed by atoms with Gasteiger partial charge in [0.1, 0.15) is 6.04 Å². The SMILES string of the molecule is CN1CCCCC1CNS(=O)(=O)N1CCCCC1C(=O)O. The van der Waals surface area contributed by atoms with Crippen LogP contribution >= 0.6 is 0 Å². The molecule has 0 radical (unpaired) electrons. The molecule has 2 saturated heterocycles. The lowest BCUT2D eigenvalue weighted by Crippen LogP contribution is -2.54. The smallest absolute Gasteiger partial charge is 0.322 e. The molecule has 2 atom stereocenters. The number of carboxylic acid groups (broad SMARTS) is 1. The van der Waals surface area contributed by atoms with E-state index < -0.39 is 22.2 Å². The quantitative estimate of drug-likeness (QED) is 0.758. The molecule has 2 unspecified atom stereocenters. The molecule has 0 aromatic rings. The molecule has 2 N–H and O–H groups in total. The van der Waals surface area contributed by atoms with Gasteiger partial charge in [-0.15, -0.1) is 0 Å². The van der Waals surface area contributed by atoms with E-state index in [4.69, 9.17) is 0 Å². The maximum absolute atomic E-state index is 12.4. The van der Waals surface area contributed by atoms with E-state index in [1.165, 1.54) is 0 Å². The third kappa shape index (κ3) is 4.15. The van der Waals surface area contributed by atoms with Gasteiger partial charge < -0.3 is 10.0 Å². The molecule has 2 rings (SSSR count). The van der Waals surface area contributed by atoms with Gasteiger partial charge >= 0.3 is 5.97 Å². The minimum Gasteiger partial charge on any atom is -0.480 e. The fraction of sp³-hybridized carbons (Fsp3) is 0.923. The highest BCUT2D eigenvalue weighted by Gasteiger charge is 2.37. The maximum Gasteiger partial charge on any atom is 0.322 e. The summed E-state index contributed by atoms with van der Waals surface area (Å²) in [6.07, 6.45) is 5.09. The Hall–Kier alpha value is -0.700. The third-order valence-electron chi connectivity index (χ3n) is 4.47. The van der Waals surface area contributed by atoms with Crippen molar-refractivity contribution < 1.29 is 18.3 Å². The van der Waals surface area contributed by atoms with E-state index in [2.05, 4.69) is 9.62 Å². The molecule has 0 saturated carbocycles. The van der Waals surface area contributed by atoms with Crippen LogP contribution in [0.3, 0.4) is 0 Å². The van der Waals surface area contributed by atoms with Gasteiger partial charge in [-0.3, -0.25) is 4.79 Å². The molecule has 0 aromatic carbocycles. The number of rotatable bonds is 5.